The predicted octanol–water partition coefficient (Wildman–Crippen LogP) is 4.25. The summed E-state index contributed by atoms with van der Waals surface area (Å²) in [6, 6.07) is 24.8. The molecular weight excluding hydrogens is 362 g/mol. The van der Waals surface area contributed by atoms with Crippen LogP contribution in [-0.4, -0.2) is 25.0 Å². The Kier molecular flexibility index (Phi) is 5.56. The molecule has 0 bridgehead atoms. The molecule has 0 aromatic heterocycles. The normalized spacial score (nSPS) is 12.3. The van der Waals surface area contributed by atoms with Gasteiger partial charge in [0.15, 0.2) is 0 Å². The molecule has 3 amide bonds. The van der Waals surface area contributed by atoms with Crippen LogP contribution in [0.2, 0.25) is 0 Å². The van der Waals surface area contributed by atoms with Crippen molar-refractivity contribution in [2.45, 2.75) is 12.8 Å². The van der Waals surface area contributed by atoms with E-state index in [0.29, 0.717) is 24.3 Å². The van der Waals surface area contributed by atoms with Gasteiger partial charge in [-0.1, -0.05) is 54.6 Å². The van der Waals surface area contributed by atoms with Crippen molar-refractivity contribution in [1.29, 1.82) is 0 Å². The van der Waals surface area contributed by atoms with Crippen LogP contribution in [0.5, 0.6) is 0 Å². The van der Waals surface area contributed by atoms with E-state index in [-0.39, 0.29) is 11.9 Å². The van der Waals surface area contributed by atoms with Gasteiger partial charge in [-0.05, 0) is 48.2 Å². The Bertz CT molecular complexity index is 1020. The third kappa shape index (κ3) is 4.46. The Hall–Kier alpha value is -3.60. The molecule has 0 fully saturated rings. The highest BCUT2D eigenvalue weighted by Gasteiger charge is 2.25. The number of fused-ring (bicyclic) bond motifs is 1. The number of amides is 3. The largest absolute Gasteiger partial charge is 0.338 e. The summed E-state index contributed by atoms with van der Waals surface area (Å²) in [5.41, 5.74) is 4.48. The fourth-order valence-corrected chi connectivity index (χ4v) is 3.58. The Balaban J connectivity index is 1.36. The number of carbonyl (C=O) groups is 2. The first-order valence-corrected chi connectivity index (χ1v) is 9.79. The van der Waals surface area contributed by atoms with E-state index in [1.165, 1.54) is 11.1 Å². The molecule has 0 aliphatic carbocycles. The molecule has 29 heavy (non-hydrogen) atoms. The van der Waals surface area contributed by atoms with Gasteiger partial charge in [0.05, 0.1) is 0 Å². The van der Waals surface area contributed by atoms with Crippen LogP contribution in [0.4, 0.5) is 16.2 Å². The van der Waals surface area contributed by atoms with E-state index < -0.39 is 0 Å². The van der Waals surface area contributed by atoms with Crippen molar-refractivity contribution >= 4 is 23.3 Å². The summed E-state index contributed by atoms with van der Waals surface area (Å²) in [6.07, 6.45) is 1.63. The first-order valence-electron chi connectivity index (χ1n) is 9.79. The van der Waals surface area contributed by atoms with E-state index >= 15 is 0 Å². The first kappa shape index (κ1) is 18.7. The summed E-state index contributed by atoms with van der Waals surface area (Å²) in [4.78, 5) is 27.0. The Morgan fingerprint density at radius 3 is 2.55 bits per heavy atom. The highest BCUT2D eigenvalue weighted by Crippen LogP contribution is 2.29. The molecule has 1 heterocycles. The lowest BCUT2D eigenvalue weighted by Gasteiger charge is -2.18. The van der Waals surface area contributed by atoms with Crippen molar-refractivity contribution in [3.8, 4) is 0 Å². The van der Waals surface area contributed by atoms with Crippen LogP contribution in [0.1, 0.15) is 21.5 Å². The van der Waals surface area contributed by atoms with Crippen LogP contribution in [0, 0.1) is 0 Å². The molecule has 5 heteroatoms. The number of hydrogen-bond acceptors (Lipinski definition) is 2. The maximum absolute atomic E-state index is 13.0. The molecule has 0 atom stereocenters. The second-order valence-electron chi connectivity index (χ2n) is 7.03. The standard InChI is InChI=1S/C24H23N3O2/c28-23(27-16-14-19-9-4-5-12-22(19)27)20-10-6-11-21(17-20)26-24(29)25-15-13-18-7-2-1-3-8-18/h1-12,17H,13-16H2,(H2,25,26,29). The maximum Gasteiger partial charge on any atom is 0.319 e. The van der Waals surface area contributed by atoms with Crippen molar-refractivity contribution < 1.29 is 9.59 Å². The van der Waals surface area contributed by atoms with Crippen LogP contribution in [0.15, 0.2) is 78.9 Å². The number of benzene rings is 3. The van der Waals surface area contributed by atoms with Gasteiger partial charge in [0, 0.05) is 30.0 Å². The second kappa shape index (κ2) is 8.61. The van der Waals surface area contributed by atoms with E-state index in [2.05, 4.69) is 16.7 Å². The summed E-state index contributed by atoms with van der Waals surface area (Å²) in [5, 5.41) is 5.66. The molecule has 2 N–H and O–H groups in total. The molecule has 3 aromatic rings. The molecule has 0 saturated heterocycles. The zero-order chi connectivity index (χ0) is 20.1. The number of urea groups is 1. The highest BCUT2D eigenvalue weighted by molar-refractivity contribution is 6.08. The van der Waals surface area contributed by atoms with Gasteiger partial charge in [-0.25, -0.2) is 4.79 Å². The number of nitrogens with one attached hydrogen (secondary N) is 2. The quantitative estimate of drug-likeness (QED) is 0.690. The van der Waals surface area contributed by atoms with Gasteiger partial charge < -0.3 is 15.5 Å². The fourth-order valence-electron chi connectivity index (χ4n) is 3.58. The van der Waals surface area contributed by atoms with E-state index in [9.17, 15) is 9.59 Å². The number of para-hydroxylation sites is 1. The number of hydrogen-bond donors (Lipinski definition) is 2. The van der Waals surface area contributed by atoms with Crippen molar-refractivity contribution in [2.24, 2.45) is 0 Å². The number of anilines is 2. The Morgan fingerprint density at radius 1 is 0.897 bits per heavy atom. The molecule has 4 rings (SSSR count). The molecule has 1 aliphatic rings. The van der Waals surface area contributed by atoms with Crippen molar-refractivity contribution in [1.82, 2.24) is 5.32 Å². The van der Waals surface area contributed by atoms with Crippen molar-refractivity contribution in [3.63, 3.8) is 0 Å². The second-order valence-corrected chi connectivity index (χ2v) is 7.03. The monoisotopic (exact) mass is 385 g/mol. The smallest absolute Gasteiger partial charge is 0.319 e. The summed E-state index contributed by atoms with van der Waals surface area (Å²) in [6.45, 7) is 1.22. The summed E-state index contributed by atoms with van der Waals surface area (Å²) >= 11 is 0. The van der Waals surface area contributed by atoms with Crippen molar-refractivity contribution in [3.05, 3.63) is 95.6 Å². The van der Waals surface area contributed by atoms with Crippen LogP contribution < -0.4 is 15.5 Å². The third-order valence-electron chi connectivity index (χ3n) is 5.04. The van der Waals surface area contributed by atoms with Gasteiger partial charge in [0.25, 0.3) is 5.91 Å². The zero-order valence-corrected chi connectivity index (χ0v) is 16.1. The number of carbonyl (C=O) groups excluding carboxylic acids is 2. The lowest BCUT2D eigenvalue weighted by atomic mass is 10.1. The molecule has 0 unspecified atom stereocenters. The average Bonchev–Trinajstić information content (AvgIpc) is 3.18. The van der Waals surface area contributed by atoms with Crippen LogP contribution >= 0.6 is 0 Å². The first-order chi connectivity index (χ1) is 14.2. The molecule has 1 aliphatic heterocycles. The number of rotatable bonds is 5. The molecule has 3 aromatic carbocycles. The summed E-state index contributed by atoms with van der Waals surface area (Å²) < 4.78 is 0. The van der Waals surface area contributed by atoms with Gasteiger partial charge in [-0.2, -0.15) is 0 Å². The zero-order valence-electron chi connectivity index (χ0n) is 16.1. The van der Waals surface area contributed by atoms with Gasteiger partial charge in [0.1, 0.15) is 0 Å². The summed E-state index contributed by atoms with van der Waals surface area (Å²) in [5.74, 6) is -0.0527. The minimum atomic E-state index is -0.281. The molecule has 0 saturated carbocycles. The van der Waals surface area contributed by atoms with Crippen LogP contribution in [0.25, 0.3) is 0 Å². The van der Waals surface area contributed by atoms with Gasteiger partial charge in [-0.3, -0.25) is 4.79 Å². The third-order valence-corrected chi connectivity index (χ3v) is 5.04. The van der Waals surface area contributed by atoms with E-state index in [4.69, 9.17) is 0 Å². The lowest BCUT2D eigenvalue weighted by Crippen LogP contribution is -2.31. The number of nitrogens with zero attached hydrogens (tertiary/aromatic N) is 1. The van der Waals surface area contributed by atoms with Crippen LogP contribution in [0.3, 0.4) is 0 Å². The molecule has 146 valence electrons. The highest BCUT2D eigenvalue weighted by atomic mass is 16.2. The summed E-state index contributed by atoms with van der Waals surface area (Å²) in [7, 11) is 0. The fraction of sp³-hybridized carbons (Fsp3) is 0.167. The maximum atomic E-state index is 13.0. The average molecular weight is 385 g/mol. The molecule has 5 nitrogen and oxygen atoms in total. The van der Waals surface area contributed by atoms with E-state index in [0.717, 1.165) is 18.5 Å². The van der Waals surface area contributed by atoms with Gasteiger partial charge in [0.2, 0.25) is 0 Å². The Labute approximate surface area is 170 Å². The van der Waals surface area contributed by atoms with Crippen molar-refractivity contribution in [2.75, 3.05) is 23.3 Å². The van der Waals surface area contributed by atoms with Gasteiger partial charge in [-0.15, -0.1) is 0 Å². The lowest BCUT2D eigenvalue weighted by molar-refractivity contribution is 0.0989. The molecule has 0 radical (unpaired) electrons. The topological polar surface area (TPSA) is 61.4 Å². The van der Waals surface area contributed by atoms with Gasteiger partial charge >= 0.3 is 6.03 Å². The Morgan fingerprint density at radius 2 is 1.69 bits per heavy atom. The van der Waals surface area contributed by atoms with E-state index in [1.54, 1.807) is 29.2 Å². The van der Waals surface area contributed by atoms with Crippen LogP contribution in [-0.2, 0) is 12.8 Å². The minimum Gasteiger partial charge on any atom is -0.338 e. The van der Waals surface area contributed by atoms with E-state index in [1.807, 2.05) is 48.5 Å². The molecule has 0 spiro atoms. The predicted molar refractivity (Wildman–Crippen MR) is 115 cm³/mol. The molecular formula is C24H23N3O2. The minimum absolute atomic E-state index is 0.0527. The SMILES string of the molecule is O=C(NCCc1ccccc1)Nc1cccc(C(=O)N2CCc3ccccc32)c1.